The predicted molar refractivity (Wildman–Crippen MR) is 151 cm³/mol. The van der Waals surface area contributed by atoms with Crippen LogP contribution in [0.3, 0.4) is 0 Å². The van der Waals surface area contributed by atoms with Crippen LogP contribution in [0.2, 0.25) is 0 Å². The Hall–Kier alpha value is -5.73. The van der Waals surface area contributed by atoms with Crippen molar-refractivity contribution in [3.8, 4) is 27.5 Å². The summed E-state index contributed by atoms with van der Waals surface area (Å²) < 4.78 is 1.37. The average molecular weight is 543 g/mol. The molecule has 0 saturated carbocycles. The zero-order chi connectivity index (χ0) is 27.5. The quantitative estimate of drug-likeness (QED) is 0.222. The van der Waals surface area contributed by atoms with Gasteiger partial charge in [-0.15, -0.1) is 20.4 Å². The highest BCUT2D eigenvalue weighted by Crippen LogP contribution is 2.40. The molecule has 0 unspecified atom stereocenters. The molecule has 0 atom stereocenters. The van der Waals surface area contributed by atoms with Crippen LogP contribution in [0.1, 0.15) is 15.9 Å². The minimum absolute atomic E-state index is 0.0298. The molecule has 0 bridgehead atoms. The summed E-state index contributed by atoms with van der Waals surface area (Å²) in [6.07, 6.45) is 1.36. The lowest BCUT2D eigenvalue weighted by Gasteiger charge is -2.11. The average Bonchev–Trinajstić information content (AvgIpc) is 3.64. The summed E-state index contributed by atoms with van der Waals surface area (Å²) in [7, 11) is 0. The highest BCUT2D eigenvalue weighted by atomic mass is 32.1. The first-order chi connectivity index (χ1) is 19.6. The van der Waals surface area contributed by atoms with Crippen molar-refractivity contribution in [2.75, 3.05) is 5.32 Å². The third kappa shape index (κ3) is 4.66. The maximum atomic E-state index is 13.1. The maximum absolute atomic E-state index is 13.1. The number of carbonyl (C=O) groups excluding carboxylic acids is 1. The molecule has 0 spiro atoms. The number of phenolic OH excluding ortho intramolecular Hbond substituents is 1. The van der Waals surface area contributed by atoms with E-state index in [0.717, 1.165) is 5.56 Å². The second kappa shape index (κ2) is 10.6. The molecule has 0 saturated heterocycles. The monoisotopic (exact) mass is 542 g/mol. The second-order valence-electron chi connectivity index (χ2n) is 8.52. The van der Waals surface area contributed by atoms with Gasteiger partial charge in [0, 0.05) is 16.6 Å². The molecule has 0 aliphatic rings. The van der Waals surface area contributed by atoms with E-state index in [9.17, 15) is 15.2 Å². The number of phenols is 1. The van der Waals surface area contributed by atoms with Crippen LogP contribution in [0, 0.1) is 11.3 Å². The molecule has 2 N–H and O–H groups in total. The molecule has 11 heteroatoms. The van der Waals surface area contributed by atoms with Crippen LogP contribution < -0.4 is 5.32 Å². The Balaban J connectivity index is 1.41. The van der Waals surface area contributed by atoms with Crippen LogP contribution in [0.15, 0.2) is 107 Å². The highest BCUT2D eigenvalue weighted by molar-refractivity contribution is 7.17. The molecule has 0 aliphatic heterocycles. The van der Waals surface area contributed by atoms with E-state index in [-0.39, 0.29) is 28.4 Å². The summed E-state index contributed by atoms with van der Waals surface area (Å²) in [5, 5.41) is 47.4. The Morgan fingerprint density at radius 3 is 2.45 bits per heavy atom. The van der Waals surface area contributed by atoms with Crippen molar-refractivity contribution in [2.45, 2.75) is 0 Å². The van der Waals surface area contributed by atoms with Crippen LogP contribution in [-0.2, 0) is 0 Å². The number of aromatic hydroxyl groups is 1. The molecule has 10 nitrogen and oxygen atoms in total. The van der Waals surface area contributed by atoms with E-state index in [4.69, 9.17) is 0 Å². The largest absolute Gasteiger partial charge is 0.505 e. The van der Waals surface area contributed by atoms with Gasteiger partial charge in [0.25, 0.3) is 5.91 Å². The van der Waals surface area contributed by atoms with Gasteiger partial charge in [-0.3, -0.25) is 4.79 Å². The number of anilines is 1. The lowest BCUT2D eigenvalue weighted by atomic mass is 10.0. The Bertz CT molecular complexity index is 1920. The number of para-hydroxylation sites is 1. The van der Waals surface area contributed by atoms with Gasteiger partial charge >= 0.3 is 0 Å². The summed E-state index contributed by atoms with van der Waals surface area (Å²) >= 11 is 1.28. The van der Waals surface area contributed by atoms with Gasteiger partial charge in [0.2, 0.25) is 5.13 Å². The number of benzene rings is 4. The van der Waals surface area contributed by atoms with E-state index in [1.807, 2.05) is 48.5 Å². The Morgan fingerprint density at radius 1 is 0.950 bits per heavy atom. The Labute approximate surface area is 231 Å². The number of nitrogens with zero attached hydrogens (tertiary/aromatic N) is 7. The molecule has 6 rings (SSSR count). The molecule has 192 valence electrons. The molecule has 2 aromatic heterocycles. The van der Waals surface area contributed by atoms with Gasteiger partial charge in [-0.05, 0) is 23.6 Å². The third-order valence-electron chi connectivity index (χ3n) is 6.00. The Morgan fingerprint density at radius 2 is 1.68 bits per heavy atom. The van der Waals surface area contributed by atoms with Gasteiger partial charge < -0.3 is 10.4 Å². The number of hydrogen-bond donors (Lipinski definition) is 2. The summed E-state index contributed by atoms with van der Waals surface area (Å²) in [4.78, 5) is 13.1. The normalized spacial score (nSPS) is 11.1. The molecule has 0 aliphatic carbocycles. The fourth-order valence-electron chi connectivity index (χ4n) is 4.06. The van der Waals surface area contributed by atoms with Crippen LogP contribution in [0.4, 0.5) is 17.2 Å². The van der Waals surface area contributed by atoms with Crippen molar-refractivity contribution in [2.24, 2.45) is 10.2 Å². The number of carbonyl (C=O) groups is 1. The smallest absolute Gasteiger partial charge is 0.259 e. The van der Waals surface area contributed by atoms with Crippen molar-refractivity contribution in [3.05, 3.63) is 108 Å². The van der Waals surface area contributed by atoms with Crippen LogP contribution in [-0.4, -0.2) is 31.0 Å². The molecule has 40 heavy (non-hydrogen) atoms. The number of aromatic nitrogens is 4. The molecule has 0 fully saturated rings. The Kier molecular flexibility index (Phi) is 6.50. The molecule has 2 heterocycles. The molecule has 1 amide bonds. The minimum atomic E-state index is -0.504. The molecule has 6 aromatic rings. The number of rotatable bonds is 6. The number of hydrogen-bond acceptors (Lipinski definition) is 9. The van der Waals surface area contributed by atoms with Gasteiger partial charge in [0.1, 0.15) is 22.3 Å². The highest BCUT2D eigenvalue weighted by Gasteiger charge is 2.20. The number of nitriles is 1. The van der Waals surface area contributed by atoms with E-state index in [1.54, 1.807) is 42.5 Å². The van der Waals surface area contributed by atoms with Crippen LogP contribution in [0.5, 0.6) is 5.75 Å². The molecule has 4 aromatic carbocycles. The molecule has 0 radical (unpaired) electrons. The molecular formula is C29H18N8O2S. The fourth-order valence-corrected chi connectivity index (χ4v) is 4.87. The van der Waals surface area contributed by atoms with Crippen molar-refractivity contribution in [1.29, 1.82) is 5.26 Å². The van der Waals surface area contributed by atoms with E-state index >= 15 is 0 Å². The van der Waals surface area contributed by atoms with Crippen LogP contribution >= 0.6 is 11.3 Å². The topological polar surface area (TPSA) is 141 Å². The van der Waals surface area contributed by atoms with E-state index in [0.29, 0.717) is 26.6 Å². The number of azo groups is 1. The minimum Gasteiger partial charge on any atom is -0.505 e. The maximum Gasteiger partial charge on any atom is 0.259 e. The molecular weight excluding hydrogens is 524 g/mol. The van der Waals surface area contributed by atoms with E-state index in [2.05, 4.69) is 36.9 Å². The van der Waals surface area contributed by atoms with Gasteiger partial charge in [-0.1, -0.05) is 84.1 Å². The first kappa shape index (κ1) is 24.6. The SMILES string of the molecule is N#Cc1cnn(-c2nnc(-c3ccccc3)s2)c1N=Nc1c(O)c(C(=O)Nc2ccccc2)cc2ccccc12. The summed E-state index contributed by atoms with van der Waals surface area (Å²) in [6, 6.07) is 29.3. The lowest BCUT2D eigenvalue weighted by Crippen LogP contribution is -2.12. The third-order valence-corrected chi connectivity index (χ3v) is 6.94. The summed E-state index contributed by atoms with van der Waals surface area (Å²) in [6.45, 7) is 0. The lowest BCUT2D eigenvalue weighted by molar-refractivity contribution is 0.102. The number of fused-ring (bicyclic) bond motifs is 1. The van der Waals surface area contributed by atoms with Gasteiger partial charge in [-0.2, -0.15) is 15.0 Å². The van der Waals surface area contributed by atoms with Gasteiger partial charge in [0.05, 0.1) is 11.8 Å². The van der Waals surface area contributed by atoms with Crippen molar-refractivity contribution in [3.63, 3.8) is 0 Å². The van der Waals surface area contributed by atoms with Crippen molar-refractivity contribution >= 4 is 45.2 Å². The first-order valence-corrected chi connectivity index (χ1v) is 12.8. The summed E-state index contributed by atoms with van der Waals surface area (Å²) in [5.41, 5.74) is 1.74. The second-order valence-corrected chi connectivity index (χ2v) is 9.48. The van der Waals surface area contributed by atoms with Crippen molar-refractivity contribution < 1.29 is 9.90 Å². The standard InChI is InChI=1S/C29H18N8O2S/c30-16-20-17-31-37(29-36-35-28(40-29)18-9-3-1-4-10-18)26(20)34-33-24-22-14-8-7-11-19(22)15-23(25(24)38)27(39)32-21-12-5-2-6-13-21/h1-15,17,38H,(H,32,39). The number of amides is 1. The van der Waals surface area contributed by atoms with E-state index < -0.39 is 5.91 Å². The first-order valence-electron chi connectivity index (χ1n) is 12.0. The van der Waals surface area contributed by atoms with Gasteiger partial charge in [-0.25, -0.2) is 0 Å². The zero-order valence-electron chi connectivity index (χ0n) is 20.6. The fraction of sp³-hybridized carbons (Fsp3) is 0. The van der Waals surface area contributed by atoms with E-state index in [1.165, 1.54) is 22.2 Å². The van der Waals surface area contributed by atoms with Gasteiger partial charge in [0.15, 0.2) is 11.6 Å². The zero-order valence-corrected chi connectivity index (χ0v) is 21.4. The predicted octanol–water partition coefficient (Wildman–Crippen LogP) is 6.79. The van der Waals surface area contributed by atoms with Crippen molar-refractivity contribution in [1.82, 2.24) is 20.0 Å². The number of nitrogens with one attached hydrogen (secondary N) is 1. The van der Waals surface area contributed by atoms with Crippen LogP contribution in [0.25, 0.3) is 26.5 Å². The summed E-state index contributed by atoms with van der Waals surface area (Å²) in [5.74, 6) is -0.737.